The summed E-state index contributed by atoms with van der Waals surface area (Å²) in [5.41, 5.74) is 1.25. The number of benzene rings is 1. The zero-order chi connectivity index (χ0) is 14.8. The Bertz CT molecular complexity index is 770. The van der Waals surface area contributed by atoms with Crippen LogP contribution in [0.2, 0.25) is 5.15 Å². The highest BCUT2D eigenvalue weighted by atomic mass is 35.5. The number of hydrogen-bond donors (Lipinski definition) is 0. The van der Waals surface area contributed by atoms with E-state index in [4.69, 9.17) is 16.3 Å². The molecule has 2 heterocycles. The van der Waals surface area contributed by atoms with E-state index in [1.54, 1.807) is 11.3 Å². The molecule has 0 radical (unpaired) electrons. The Morgan fingerprint density at radius 2 is 2.10 bits per heavy atom. The third-order valence-corrected chi connectivity index (χ3v) is 4.31. The molecule has 2 aromatic heterocycles. The molecule has 108 valence electrons. The van der Waals surface area contributed by atoms with Crippen LogP contribution in [0.15, 0.2) is 35.7 Å². The molecule has 0 saturated carbocycles. The molecule has 3 nitrogen and oxygen atoms in total. The van der Waals surface area contributed by atoms with Crippen LogP contribution in [0.5, 0.6) is 5.75 Å². The van der Waals surface area contributed by atoms with Crippen LogP contribution in [0, 0.1) is 0 Å². The molecule has 0 fully saturated rings. The Hall–Kier alpha value is -1.65. The third kappa shape index (κ3) is 3.17. The van der Waals surface area contributed by atoms with E-state index in [1.165, 1.54) is 5.56 Å². The van der Waals surface area contributed by atoms with E-state index >= 15 is 0 Å². The number of fused-ring (bicyclic) bond motifs is 1. The minimum absolute atomic E-state index is 0.315. The molecule has 0 atom stereocenters. The molecule has 0 aliphatic carbocycles. The third-order valence-electron chi connectivity index (χ3n) is 3.22. The first-order valence-electron chi connectivity index (χ1n) is 6.76. The Kier molecular flexibility index (Phi) is 4.08. The van der Waals surface area contributed by atoms with Crippen molar-refractivity contribution < 1.29 is 4.74 Å². The lowest BCUT2D eigenvalue weighted by molar-refractivity contribution is 0.296. The molecule has 0 amide bonds. The fourth-order valence-electron chi connectivity index (χ4n) is 2.04. The predicted octanol–water partition coefficient (Wildman–Crippen LogP) is 5.05. The second-order valence-electron chi connectivity index (χ2n) is 5.09. The molecular weight excluding hydrogens is 304 g/mol. The summed E-state index contributed by atoms with van der Waals surface area (Å²) >= 11 is 7.70. The maximum atomic E-state index is 6.15. The second kappa shape index (κ2) is 6.00. The van der Waals surface area contributed by atoms with Gasteiger partial charge in [0, 0.05) is 5.39 Å². The molecule has 0 bridgehead atoms. The van der Waals surface area contributed by atoms with E-state index in [9.17, 15) is 0 Å². The van der Waals surface area contributed by atoms with E-state index in [0.29, 0.717) is 23.5 Å². The molecule has 1 aromatic carbocycles. The summed E-state index contributed by atoms with van der Waals surface area (Å²) in [7, 11) is 0. The van der Waals surface area contributed by atoms with Crippen LogP contribution in [0.4, 0.5) is 0 Å². The second-order valence-corrected chi connectivity index (χ2v) is 6.34. The standard InChI is InChI=1S/C16H15ClN2OS/c1-10(2)11-4-3-5-12(8-11)20-9-14-18-15(17)13-6-7-21-16(13)19-14/h3-8,10H,9H2,1-2H3. The van der Waals surface area contributed by atoms with Gasteiger partial charge >= 0.3 is 0 Å². The summed E-state index contributed by atoms with van der Waals surface area (Å²) in [5, 5.41) is 3.34. The van der Waals surface area contributed by atoms with E-state index < -0.39 is 0 Å². The van der Waals surface area contributed by atoms with E-state index in [2.05, 4.69) is 35.9 Å². The molecule has 0 aliphatic rings. The lowest BCUT2D eigenvalue weighted by atomic mass is 10.0. The van der Waals surface area contributed by atoms with Crippen LogP contribution >= 0.6 is 22.9 Å². The van der Waals surface area contributed by atoms with Crippen molar-refractivity contribution in [1.82, 2.24) is 9.97 Å². The van der Waals surface area contributed by atoms with Crippen molar-refractivity contribution in [2.45, 2.75) is 26.4 Å². The highest BCUT2D eigenvalue weighted by Gasteiger charge is 2.08. The van der Waals surface area contributed by atoms with Crippen LogP contribution in [0.25, 0.3) is 10.2 Å². The van der Waals surface area contributed by atoms with Gasteiger partial charge in [-0.15, -0.1) is 11.3 Å². The minimum atomic E-state index is 0.315. The van der Waals surface area contributed by atoms with Crippen molar-refractivity contribution in [3.05, 3.63) is 52.3 Å². The topological polar surface area (TPSA) is 35.0 Å². The van der Waals surface area contributed by atoms with Crippen molar-refractivity contribution in [2.24, 2.45) is 0 Å². The van der Waals surface area contributed by atoms with Gasteiger partial charge in [0.15, 0.2) is 5.82 Å². The van der Waals surface area contributed by atoms with E-state index in [1.807, 2.05) is 23.6 Å². The van der Waals surface area contributed by atoms with E-state index in [-0.39, 0.29) is 0 Å². The minimum Gasteiger partial charge on any atom is -0.486 e. The van der Waals surface area contributed by atoms with Crippen LogP contribution in [-0.2, 0) is 6.61 Å². The van der Waals surface area contributed by atoms with Crippen LogP contribution in [-0.4, -0.2) is 9.97 Å². The monoisotopic (exact) mass is 318 g/mol. The van der Waals surface area contributed by atoms with Gasteiger partial charge in [-0.2, -0.15) is 0 Å². The molecule has 5 heteroatoms. The fraction of sp³-hybridized carbons (Fsp3) is 0.250. The van der Waals surface area contributed by atoms with Gasteiger partial charge in [-0.05, 0) is 35.1 Å². The molecule has 0 spiro atoms. The van der Waals surface area contributed by atoms with Gasteiger partial charge in [-0.3, -0.25) is 0 Å². The summed E-state index contributed by atoms with van der Waals surface area (Å²) in [6.07, 6.45) is 0. The smallest absolute Gasteiger partial charge is 0.169 e. The average Bonchev–Trinajstić information content (AvgIpc) is 2.94. The van der Waals surface area contributed by atoms with Gasteiger partial charge in [-0.1, -0.05) is 37.6 Å². The number of halogens is 1. The highest BCUT2D eigenvalue weighted by molar-refractivity contribution is 7.16. The van der Waals surface area contributed by atoms with Crippen LogP contribution in [0.1, 0.15) is 31.2 Å². The van der Waals surface area contributed by atoms with Crippen molar-refractivity contribution in [3.8, 4) is 5.75 Å². The summed E-state index contributed by atoms with van der Waals surface area (Å²) in [6.45, 7) is 4.63. The normalized spacial score (nSPS) is 11.2. The molecule has 3 rings (SSSR count). The lowest BCUT2D eigenvalue weighted by Gasteiger charge is -2.09. The van der Waals surface area contributed by atoms with Gasteiger partial charge in [-0.25, -0.2) is 9.97 Å². The van der Waals surface area contributed by atoms with E-state index in [0.717, 1.165) is 16.0 Å². The van der Waals surface area contributed by atoms with Crippen molar-refractivity contribution in [3.63, 3.8) is 0 Å². The molecule has 21 heavy (non-hydrogen) atoms. The number of ether oxygens (including phenoxy) is 1. The Balaban J connectivity index is 1.78. The van der Waals surface area contributed by atoms with Crippen molar-refractivity contribution in [1.29, 1.82) is 0 Å². The maximum absolute atomic E-state index is 6.15. The summed E-state index contributed by atoms with van der Waals surface area (Å²) in [5.74, 6) is 1.90. The average molecular weight is 319 g/mol. The maximum Gasteiger partial charge on any atom is 0.169 e. The van der Waals surface area contributed by atoms with Crippen molar-refractivity contribution in [2.75, 3.05) is 0 Å². The SMILES string of the molecule is CC(C)c1cccc(OCc2nc(Cl)c3ccsc3n2)c1. The quantitative estimate of drug-likeness (QED) is 0.632. The summed E-state index contributed by atoms with van der Waals surface area (Å²) < 4.78 is 5.78. The van der Waals surface area contributed by atoms with Gasteiger partial charge in [0.2, 0.25) is 0 Å². The van der Waals surface area contributed by atoms with Crippen molar-refractivity contribution >= 4 is 33.2 Å². The predicted molar refractivity (Wildman–Crippen MR) is 87.3 cm³/mol. The molecule has 0 saturated heterocycles. The number of hydrogen-bond acceptors (Lipinski definition) is 4. The molecular formula is C16H15ClN2OS. The van der Waals surface area contributed by atoms with Gasteiger partial charge in [0.05, 0.1) is 0 Å². The highest BCUT2D eigenvalue weighted by Crippen LogP contribution is 2.25. The zero-order valence-corrected chi connectivity index (χ0v) is 13.4. The van der Waals surface area contributed by atoms with Gasteiger partial charge in [0.1, 0.15) is 22.3 Å². The summed E-state index contributed by atoms with van der Waals surface area (Å²) in [4.78, 5) is 9.64. The Morgan fingerprint density at radius 3 is 2.90 bits per heavy atom. The van der Waals surface area contributed by atoms with Gasteiger partial charge in [0.25, 0.3) is 0 Å². The van der Waals surface area contributed by atoms with Gasteiger partial charge < -0.3 is 4.74 Å². The summed E-state index contributed by atoms with van der Waals surface area (Å²) in [6, 6.07) is 10.0. The van der Waals surface area contributed by atoms with Crippen LogP contribution < -0.4 is 4.74 Å². The first-order chi connectivity index (χ1) is 10.1. The number of thiophene rings is 1. The molecule has 0 N–H and O–H groups in total. The largest absolute Gasteiger partial charge is 0.486 e. The fourth-order valence-corrected chi connectivity index (χ4v) is 3.13. The number of nitrogens with zero attached hydrogens (tertiary/aromatic N) is 2. The first kappa shape index (κ1) is 14.3. The zero-order valence-electron chi connectivity index (χ0n) is 11.8. The molecule has 0 unspecified atom stereocenters. The number of rotatable bonds is 4. The Labute approximate surface area is 132 Å². The molecule has 3 aromatic rings. The van der Waals surface area contributed by atoms with Crippen LogP contribution in [0.3, 0.4) is 0 Å². The Morgan fingerprint density at radius 1 is 1.24 bits per heavy atom. The molecule has 0 aliphatic heterocycles. The lowest BCUT2D eigenvalue weighted by Crippen LogP contribution is -2.02. The first-order valence-corrected chi connectivity index (χ1v) is 8.01. The number of aromatic nitrogens is 2.